The smallest absolute Gasteiger partial charge is 0.323 e. The highest BCUT2D eigenvalue weighted by molar-refractivity contribution is 6.03. The number of carbonyl (C=O) groups is 2. The van der Waals surface area contributed by atoms with Crippen molar-refractivity contribution in [2.45, 2.75) is 25.2 Å². The van der Waals surface area contributed by atoms with Gasteiger partial charge in [0.1, 0.15) is 5.82 Å². The van der Waals surface area contributed by atoms with Gasteiger partial charge in [-0.1, -0.05) is 18.2 Å². The van der Waals surface area contributed by atoms with E-state index in [0.29, 0.717) is 28.2 Å². The molecule has 1 aliphatic rings. The number of aromatic nitrogens is 3. The summed E-state index contributed by atoms with van der Waals surface area (Å²) in [5.74, 6) is -0.234. The molecule has 1 fully saturated rings. The Kier molecular flexibility index (Phi) is 5.58. The van der Waals surface area contributed by atoms with Gasteiger partial charge in [-0.15, -0.1) is 0 Å². The molecule has 2 heterocycles. The first-order chi connectivity index (χ1) is 17.2. The third-order valence-corrected chi connectivity index (χ3v) is 6.55. The number of hydrogen-bond donors (Lipinski definition) is 4. The molecule has 184 valence electrons. The Morgan fingerprint density at radius 1 is 1.08 bits per heavy atom. The number of halogens is 1. The zero-order valence-corrected chi connectivity index (χ0v) is 20.1. The Morgan fingerprint density at radius 2 is 1.81 bits per heavy atom. The Balaban J connectivity index is 1.46. The first kappa shape index (κ1) is 23.3. The van der Waals surface area contributed by atoms with Crippen LogP contribution in [0.25, 0.3) is 22.2 Å². The average molecular weight is 488 g/mol. The number of fused-ring (bicyclic) bond motifs is 1. The molecule has 5 rings (SSSR count). The van der Waals surface area contributed by atoms with E-state index in [4.69, 9.17) is 10.7 Å². The van der Waals surface area contributed by atoms with Crippen molar-refractivity contribution in [3.8, 4) is 11.1 Å². The minimum absolute atomic E-state index is 0.0638. The van der Waals surface area contributed by atoms with Crippen molar-refractivity contribution in [2.24, 2.45) is 7.05 Å². The summed E-state index contributed by atoms with van der Waals surface area (Å²) in [6.45, 7) is 1.82. The van der Waals surface area contributed by atoms with E-state index < -0.39 is 17.3 Å². The molecule has 9 nitrogen and oxygen atoms in total. The van der Waals surface area contributed by atoms with Gasteiger partial charge in [0.05, 0.1) is 22.2 Å². The van der Waals surface area contributed by atoms with Crippen LogP contribution >= 0.6 is 0 Å². The predicted octanol–water partition coefficient (Wildman–Crippen LogP) is 4.09. The normalized spacial score (nSPS) is 13.9. The van der Waals surface area contributed by atoms with E-state index in [2.05, 4.69) is 21.0 Å². The number of amides is 3. The number of nitrogens with two attached hydrogens (primary N) is 1. The number of nitrogens with zero attached hydrogens (tertiary/aromatic N) is 3. The van der Waals surface area contributed by atoms with Gasteiger partial charge in [0.15, 0.2) is 11.5 Å². The van der Waals surface area contributed by atoms with E-state index in [9.17, 15) is 14.0 Å². The third-order valence-electron chi connectivity index (χ3n) is 6.55. The molecule has 1 aliphatic carbocycles. The molecule has 10 heteroatoms. The van der Waals surface area contributed by atoms with Crippen molar-refractivity contribution in [2.75, 3.05) is 23.4 Å². The van der Waals surface area contributed by atoms with Gasteiger partial charge in [0.2, 0.25) is 5.91 Å². The Hall–Kier alpha value is -4.47. The van der Waals surface area contributed by atoms with Gasteiger partial charge < -0.3 is 21.7 Å². The van der Waals surface area contributed by atoms with E-state index in [1.165, 1.54) is 6.07 Å². The number of carbonyl (C=O) groups excluding carboxylic acids is 2. The van der Waals surface area contributed by atoms with Crippen molar-refractivity contribution in [3.05, 3.63) is 65.6 Å². The van der Waals surface area contributed by atoms with Crippen LogP contribution in [0.3, 0.4) is 0 Å². The maximum absolute atomic E-state index is 14.0. The molecule has 0 spiro atoms. The molecular weight excluding hydrogens is 461 g/mol. The maximum Gasteiger partial charge on any atom is 0.323 e. The molecule has 0 atom stereocenters. The minimum Gasteiger partial charge on any atom is -0.382 e. The van der Waals surface area contributed by atoms with Crippen LogP contribution in [0.5, 0.6) is 0 Å². The quantitative estimate of drug-likeness (QED) is 0.337. The van der Waals surface area contributed by atoms with Crippen LogP contribution in [0.1, 0.15) is 24.1 Å². The molecule has 2 aromatic carbocycles. The molecule has 0 radical (unpaired) electrons. The Bertz CT molecular complexity index is 1510. The first-order valence-electron chi connectivity index (χ1n) is 11.5. The van der Waals surface area contributed by atoms with Gasteiger partial charge in [-0.25, -0.2) is 18.9 Å². The van der Waals surface area contributed by atoms with E-state index in [1.54, 1.807) is 43.0 Å². The number of pyridine rings is 1. The molecule has 2 aromatic heterocycles. The molecule has 4 aromatic rings. The van der Waals surface area contributed by atoms with Crippen LogP contribution in [-0.2, 0) is 17.3 Å². The standard InChI is InChI=1S/C26H26FN7O2/c1-14-4-9-18(27)19(12-14)31-25(36)30-16-7-5-15(6-8-16)17-13-20(26(10-11-26)24(35)29-2)32-23-21(17)22(28)33-34(23)3/h4-9,12-13H,10-11H2,1-3H3,(H2,28,33)(H,29,35)(H2,30,31,36). The fourth-order valence-electron chi connectivity index (χ4n) is 4.47. The lowest BCUT2D eigenvalue weighted by Crippen LogP contribution is -2.32. The number of likely N-dealkylation sites (N-methyl/N-ethyl adjacent to an activating group) is 1. The van der Waals surface area contributed by atoms with Gasteiger partial charge in [0.25, 0.3) is 0 Å². The SMILES string of the molecule is CNC(=O)C1(c2cc(-c3ccc(NC(=O)Nc4cc(C)ccc4F)cc3)c3c(N)nn(C)c3n2)CC1. The minimum atomic E-state index is -0.651. The highest BCUT2D eigenvalue weighted by atomic mass is 19.1. The molecule has 0 unspecified atom stereocenters. The highest BCUT2D eigenvalue weighted by Crippen LogP contribution is 2.49. The molecule has 3 amide bonds. The molecule has 36 heavy (non-hydrogen) atoms. The number of nitrogens with one attached hydrogen (secondary N) is 3. The number of rotatable bonds is 5. The summed E-state index contributed by atoms with van der Waals surface area (Å²) in [6, 6.07) is 13.0. The van der Waals surface area contributed by atoms with E-state index in [1.807, 2.05) is 25.1 Å². The number of anilines is 3. The summed E-state index contributed by atoms with van der Waals surface area (Å²) in [7, 11) is 3.39. The zero-order valence-electron chi connectivity index (χ0n) is 20.1. The summed E-state index contributed by atoms with van der Waals surface area (Å²) in [5, 5.41) is 13.0. The van der Waals surface area contributed by atoms with Crippen molar-refractivity contribution in [1.29, 1.82) is 0 Å². The predicted molar refractivity (Wildman–Crippen MR) is 137 cm³/mol. The largest absolute Gasteiger partial charge is 0.382 e. The number of hydrogen-bond acceptors (Lipinski definition) is 5. The van der Waals surface area contributed by atoms with Gasteiger partial charge in [-0.05, 0) is 66.8 Å². The van der Waals surface area contributed by atoms with E-state index in [-0.39, 0.29) is 11.6 Å². The molecule has 0 bridgehead atoms. The highest BCUT2D eigenvalue weighted by Gasteiger charge is 2.52. The van der Waals surface area contributed by atoms with Gasteiger partial charge in [-0.3, -0.25) is 4.79 Å². The maximum atomic E-state index is 14.0. The molecule has 1 saturated carbocycles. The lowest BCUT2D eigenvalue weighted by Gasteiger charge is -2.16. The summed E-state index contributed by atoms with van der Waals surface area (Å²) in [4.78, 5) is 29.8. The molecule has 0 aliphatic heterocycles. The van der Waals surface area contributed by atoms with Crippen LogP contribution < -0.4 is 21.7 Å². The Labute approximate surface area is 206 Å². The van der Waals surface area contributed by atoms with Crippen LogP contribution in [0.2, 0.25) is 0 Å². The van der Waals surface area contributed by atoms with Crippen molar-refractivity contribution in [3.63, 3.8) is 0 Å². The monoisotopic (exact) mass is 487 g/mol. The van der Waals surface area contributed by atoms with Gasteiger partial charge in [-0.2, -0.15) is 5.10 Å². The van der Waals surface area contributed by atoms with Crippen molar-refractivity contribution in [1.82, 2.24) is 20.1 Å². The average Bonchev–Trinajstić information content (AvgIpc) is 3.62. The third kappa shape index (κ3) is 4.00. The Morgan fingerprint density at radius 3 is 2.47 bits per heavy atom. The van der Waals surface area contributed by atoms with Gasteiger partial charge >= 0.3 is 6.03 Å². The summed E-state index contributed by atoms with van der Waals surface area (Å²) in [6.07, 6.45) is 1.44. The summed E-state index contributed by atoms with van der Waals surface area (Å²) >= 11 is 0. The molecular formula is C26H26FN7O2. The van der Waals surface area contributed by atoms with Crippen molar-refractivity contribution >= 4 is 40.2 Å². The second kappa shape index (κ2) is 8.63. The summed E-state index contributed by atoms with van der Waals surface area (Å²) in [5.41, 5.74) is 9.93. The van der Waals surface area contributed by atoms with Crippen molar-refractivity contribution < 1.29 is 14.0 Å². The number of nitrogen functional groups attached to an aromatic ring is 1. The first-order valence-corrected chi connectivity index (χ1v) is 11.5. The fourth-order valence-corrected chi connectivity index (χ4v) is 4.47. The lowest BCUT2D eigenvalue weighted by atomic mass is 9.95. The number of benzene rings is 2. The lowest BCUT2D eigenvalue weighted by molar-refractivity contribution is -0.123. The summed E-state index contributed by atoms with van der Waals surface area (Å²) < 4.78 is 15.6. The number of urea groups is 1. The van der Waals surface area contributed by atoms with Gasteiger partial charge in [0, 0.05) is 19.8 Å². The van der Waals surface area contributed by atoms with Crippen LogP contribution in [-0.4, -0.2) is 33.8 Å². The number of aryl methyl sites for hydroxylation is 2. The second-order valence-corrected chi connectivity index (χ2v) is 9.06. The van der Waals surface area contributed by atoms with Crippen LogP contribution in [0.4, 0.5) is 26.4 Å². The topological polar surface area (TPSA) is 127 Å². The van der Waals surface area contributed by atoms with E-state index in [0.717, 1.165) is 29.5 Å². The van der Waals surface area contributed by atoms with E-state index >= 15 is 0 Å². The fraction of sp³-hybridized carbons (Fsp3) is 0.231. The van der Waals surface area contributed by atoms with Crippen LogP contribution in [0, 0.1) is 12.7 Å². The second-order valence-electron chi connectivity index (χ2n) is 9.06. The molecule has 5 N–H and O–H groups in total. The van der Waals surface area contributed by atoms with Crippen LogP contribution in [0.15, 0.2) is 48.5 Å². The molecule has 0 saturated heterocycles. The zero-order chi connectivity index (χ0) is 25.6.